The van der Waals surface area contributed by atoms with Crippen molar-refractivity contribution in [2.75, 3.05) is 5.32 Å². The van der Waals surface area contributed by atoms with Crippen LogP contribution in [0.5, 0.6) is 0 Å². The van der Waals surface area contributed by atoms with E-state index in [1.54, 1.807) is 42.7 Å². The number of anilines is 1. The van der Waals surface area contributed by atoms with Crippen molar-refractivity contribution in [1.29, 1.82) is 0 Å². The van der Waals surface area contributed by atoms with E-state index in [2.05, 4.69) is 15.3 Å². The van der Waals surface area contributed by atoms with E-state index in [0.29, 0.717) is 11.4 Å². The zero-order valence-electron chi connectivity index (χ0n) is 14.7. The number of nitro groups is 1. The minimum atomic E-state index is -0.503. The number of hydrogen-bond donors (Lipinski definition) is 1. The Morgan fingerprint density at radius 1 is 1.14 bits per heavy atom. The first-order chi connectivity index (χ1) is 13.5. The Kier molecular flexibility index (Phi) is 4.54. The Morgan fingerprint density at radius 3 is 2.68 bits per heavy atom. The first-order valence-electron chi connectivity index (χ1n) is 8.39. The van der Waals surface area contributed by atoms with Crippen molar-refractivity contribution in [3.05, 3.63) is 82.0 Å². The van der Waals surface area contributed by atoms with Crippen molar-refractivity contribution in [2.45, 2.75) is 6.92 Å². The van der Waals surface area contributed by atoms with E-state index in [0.717, 1.165) is 20.8 Å². The number of hydrogen-bond acceptors (Lipinski definition) is 6. The summed E-state index contributed by atoms with van der Waals surface area (Å²) in [6, 6.07) is 15.8. The molecule has 138 valence electrons. The summed E-state index contributed by atoms with van der Waals surface area (Å²) in [5.41, 5.74) is 2.40. The highest BCUT2D eigenvalue weighted by Crippen LogP contribution is 2.30. The average Bonchev–Trinajstić information content (AvgIpc) is 3.13. The van der Waals surface area contributed by atoms with Crippen LogP contribution >= 0.6 is 11.3 Å². The lowest BCUT2D eigenvalue weighted by Crippen LogP contribution is -2.13. The smallest absolute Gasteiger partial charge is 0.273 e. The van der Waals surface area contributed by atoms with Gasteiger partial charge in [-0.2, -0.15) is 0 Å². The first-order valence-corrected chi connectivity index (χ1v) is 9.21. The second-order valence-corrected chi connectivity index (χ2v) is 7.16. The molecule has 0 saturated heterocycles. The second kappa shape index (κ2) is 7.16. The van der Waals surface area contributed by atoms with Gasteiger partial charge in [-0.05, 0) is 37.3 Å². The summed E-state index contributed by atoms with van der Waals surface area (Å²) >= 11 is 1.57. The van der Waals surface area contributed by atoms with Crippen molar-refractivity contribution in [3.8, 4) is 10.6 Å². The lowest BCUT2D eigenvalue weighted by atomic mass is 10.1. The molecule has 2 aromatic carbocycles. The van der Waals surface area contributed by atoms with Crippen molar-refractivity contribution in [1.82, 2.24) is 9.97 Å². The van der Waals surface area contributed by atoms with Crippen LogP contribution in [0.25, 0.3) is 20.8 Å². The Hall–Kier alpha value is -3.65. The van der Waals surface area contributed by atoms with E-state index in [1.807, 2.05) is 30.3 Å². The minimum Gasteiger partial charge on any atom is -0.307 e. The van der Waals surface area contributed by atoms with Gasteiger partial charge in [-0.15, -0.1) is 11.3 Å². The van der Waals surface area contributed by atoms with E-state index >= 15 is 0 Å². The molecule has 0 fully saturated rings. The van der Waals surface area contributed by atoms with E-state index < -0.39 is 10.8 Å². The number of benzene rings is 2. The van der Waals surface area contributed by atoms with Gasteiger partial charge in [-0.1, -0.05) is 18.2 Å². The largest absolute Gasteiger partial charge is 0.307 e. The number of aryl methyl sites for hydroxylation is 1. The summed E-state index contributed by atoms with van der Waals surface area (Å²) in [5, 5.41) is 14.6. The van der Waals surface area contributed by atoms with Crippen LogP contribution in [0.3, 0.4) is 0 Å². The number of nitro benzene ring substituents is 1. The summed E-state index contributed by atoms with van der Waals surface area (Å²) in [4.78, 5) is 31.8. The molecule has 1 N–H and O–H groups in total. The third-order valence-electron chi connectivity index (χ3n) is 4.21. The van der Waals surface area contributed by atoms with Gasteiger partial charge >= 0.3 is 0 Å². The number of carbonyl (C=O) groups excluding carboxylic acids is 1. The lowest BCUT2D eigenvalue weighted by Gasteiger charge is -2.06. The summed E-state index contributed by atoms with van der Waals surface area (Å²) in [6.45, 7) is 1.63. The molecule has 7 nitrogen and oxygen atoms in total. The fraction of sp³-hybridized carbons (Fsp3) is 0.0500. The molecule has 1 amide bonds. The number of carbonyl (C=O) groups is 1. The monoisotopic (exact) mass is 390 g/mol. The standard InChI is InChI=1S/C20H14N4O3S/c1-12-6-7-13(10-16(12)24(26)27)19(25)23-18-9-8-14(11-21-18)20-22-15-4-2-3-5-17(15)28-20/h2-11H,1H3,(H,21,23,25). The highest BCUT2D eigenvalue weighted by Gasteiger charge is 2.15. The number of nitrogens with zero attached hydrogens (tertiary/aromatic N) is 3. The minimum absolute atomic E-state index is 0.0909. The van der Waals surface area contributed by atoms with Crippen LogP contribution in [0.2, 0.25) is 0 Å². The Bertz CT molecular complexity index is 1170. The molecule has 0 aliphatic rings. The van der Waals surface area contributed by atoms with Gasteiger partial charge in [0.1, 0.15) is 10.8 Å². The topological polar surface area (TPSA) is 98.0 Å². The number of amides is 1. The molecular formula is C20H14N4O3S. The van der Waals surface area contributed by atoms with Crippen LogP contribution in [-0.2, 0) is 0 Å². The quantitative estimate of drug-likeness (QED) is 0.398. The Labute approximate surface area is 163 Å². The predicted molar refractivity (Wildman–Crippen MR) is 109 cm³/mol. The number of aromatic nitrogens is 2. The predicted octanol–water partition coefficient (Wildman–Crippen LogP) is 4.83. The second-order valence-electron chi connectivity index (χ2n) is 6.13. The van der Waals surface area contributed by atoms with Gasteiger partial charge in [0.05, 0.1) is 15.1 Å². The zero-order chi connectivity index (χ0) is 19.7. The van der Waals surface area contributed by atoms with Gasteiger partial charge in [0.15, 0.2) is 0 Å². The van der Waals surface area contributed by atoms with Gasteiger partial charge in [-0.25, -0.2) is 9.97 Å². The molecule has 0 atom stereocenters. The first kappa shape index (κ1) is 17.7. The number of para-hydroxylation sites is 1. The highest BCUT2D eigenvalue weighted by atomic mass is 32.1. The van der Waals surface area contributed by atoms with Crippen LogP contribution in [0.1, 0.15) is 15.9 Å². The van der Waals surface area contributed by atoms with Crippen molar-refractivity contribution in [3.63, 3.8) is 0 Å². The molecule has 2 heterocycles. The number of rotatable bonds is 4. The molecule has 0 aliphatic heterocycles. The normalized spacial score (nSPS) is 10.8. The molecule has 0 saturated carbocycles. The molecule has 0 aliphatic carbocycles. The SMILES string of the molecule is Cc1ccc(C(=O)Nc2ccc(-c3nc4ccccc4s3)cn2)cc1[N+](=O)[O-]. The third kappa shape index (κ3) is 3.45. The van der Waals surface area contributed by atoms with E-state index in [9.17, 15) is 14.9 Å². The third-order valence-corrected chi connectivity index (χ3v) is 5.30. The van der Waals surface area contributed by atoms with Crippen LogP contribution < -0.4 is 5.32 Å². The van der Waals surface area contributed by atoms with E-state index in [1.165, 1.54) is 6.07 Å². The van der Waals surface area contributed by atoms with Gasteiger partial charge in [0.2, 0.25) is 0 Å². The summed E-state index contributed by atoms with van der Waals surface area (Å²) in [7, 11) is 0. The van der Waals surface area contributed by atoms with Gasteiger partial charge in [0, 0.05) is 29.0 Å². The molecule has 2 aromatic heterocycles. The van der Waals surface area contributed by atoms with E-state index in [-0.39, 0.29) is 11.3 Å². The summed E-state index contributed by atoms with van der Waals surface area (Å²) in [5.74, 6) is -0.0959. The van der Waals surface area contributed by atoms with Crippen molar-refractivity contribution < 1.29 is 9.72 Å². The van der Waals surface area contributed by atoms with Crippen LogP contribution in [0.4, 0.5) is 11.5 Å². The maximum Gasteiger partial charge on any atom is 0.273 e. The number of fused-ring (bicyclic) bond motifs is 1. The molecule has 0 unspecified atom stereocenters. The fourth-order valence-electron chi connectivity index (χ4n) is 2.73. The fourth-order valence-corrected chi connectivity index (χ4v) is 3.68. The number of nitrogens with one attached hydrogen (secondary N) is 1. The molecule has 0 radical (unpaired) electrons. The zero-order valence-corrected chi connectivity index (χ0v) is 15.6. The van der Waals surface area contributed by atoms with Crippen LogP contribution in [0.15, 0.2) is 60.8 Å². The van der Waals surface area contributed by atoms with Crippen molar-refractivity contribution >= 4 is 39.0 Å². The highest BCUT2D eigenvalue weighted by molar-refractivity contribution is 7.21. The number of thiazole rings is 1. The Morgan fingerprint density at radius 2 is 1.96 bits per heavy atom. The Balaban J connectivity index is 1.54. The molecular weight excluding hydrogens is 376 g/mol. The maximum absolute atomic E-state index is 12.4. The average molecular weight is 390 g/mol. The maximum atomic E-state index is 12.4. The lowest BCUT2D eigenvalue weighted by molar-refractivity contribution is -0.385. The van der Waals surface area contributed by atoms with E-state index in [4.69, 9.17) is 0 Å². The molecule has 28 heavy (non-hydrogen) atoms. The molecule has 0 spiro atoms. The molecule has 8 heteroatoms. The van der Waals surface area contributed by atoms with Gasteiger partial charge in [0.25, 0.3) is 11.6 Å². The van der Waals surface area contributed by atoms with Gasteiger partial charge in [-0.3, -0.25) is 14.9 Å². The van der Waals surface area contributed by atoms with Crippen LogP contribution in [0, 0.1) is 17.0 Å². The number of pyridine rings is 1. The van der Waals surface area contributed by atoms with Crippen LogP contribution in [-0.4, -0.2) is 20.8 Å². The summed E-state index contributed by atoms with van der Waals surface area (Å²) in [6.07, 6.45) is 1.64. The molecule has 0 bridgehead atoms. The van der Waals surface area contributed by atoms with Gasteiger partial charge < -0.3 is 5.32 Å². The summed E-state index contributed by atoms with van der Waals surface area (Å²) < 4.78 is 1.09. The van der Waals surface area contributed by atoms with Crippen molar-refractivity contribution in [2.24, 2.45) is 0 Å². The molecule has 4 aromatic rings. The molecule has 4 rings (SSSR count).